The van der Waals surface area contributed by atoms with Gasteiger partial charge in [0.05, 0.1) is 17.8 Å². The van der Waals surface area contributed by atoms with Crippen LogP contribution in [0.4, 0.5) is 10.1 Å². The third kappa shape index (κ3) is 3.22. The highest BCUT2D eigenvalue weighted by atomic mass is 32.1. The summed E-state index contributed by atoms with van der Waals surface area (Å²) in [5, 5.41) is 4.41. The Hall–Kier alpha value is -4.17. The van der Waals surface area contributed by atoms with E-state index in [2.05, 4.69) is 10.1 Å². The molecule has 0 aliphatic carbocycles. The van der Waals surface area contributed by atoms with Crippen molar-refractivity contribution in [3.8, 4) is 11.4 Å². The lowest BCUT2D eigenvalue weighted by molar-refractivity contribution is -0.113. The van der Waals surface area contributed by atoms with Crippen LogP contribution in [-0.4, -0.2) is 20.5 Å². The fraction of sp³-hybridized carbons (Fsp3) is 0.0769. The smallest absolute Gasteiger partial charge is 0.291 e. The molecule has 0 saturated heterocycles. The highest BCUT2D eigenvalue weighted by molar-refractivity contribution is 7.15. The standard InChI is InChI=1S/C26H17FN4O2S/c1-15-6-10-17(11-7-15)23-28-26-31(29-23)25(33)22(34-26)21-19-4-2-3-5-20(19)30(24(21)32)14-16-8-12-18(27)13-9-16/h2-13H,14H2,1H3/b22-21-. The molecule has 0 atom stereocenters. The van der Waals surface area contributed by atoms with Crippen molar-refractivity contribution in [2.45, 2.75) is 13.5 Å². The largest absolute Gasteiger partial charge is 0.303 e. The topological polar surface area (TPSA) is 67.6 Å². The molecule has 2 aromatic heterocycles. The third-order valence-electron chi connectivity index (χ3n) is 5.87. The average Bonchev–Trinajstić information content (AvgIpc) is 3.47. The summed E-state index contributed by atoms with van der Waals surface area (Å²) < 4.78 is 14.9. The Morgan fingerprint density at radius 1 is 0.941 bits per heavy atom. The van der Waals surface area contributed by atoms with Crippen molar-refractivity contribution in [3.63, 3.8) is 0 Å². The minimum Gasteiger partial charge on any atom is -0.303 e. The maximum absolute atomic E-state index is 13.5. The first-order valence-electron chi connectivity index (χ1n) is 10.7. The van der Waals surface area contributed by atoms with Crippen molar-refractivity contribution < 1.29 is 9.18 Å². The third-order valence-corrected chi connectivity index (χ3v) is 6.90. The van der Waals surface area contributed by atoms with Crippen LogP contribution in [0.15, 0.2) is 77.6 Å². The zero-order valence-corrected chi connectivity index (χ0v) is 18.8. The molecular weight excluding hydrogens is 451 g/mol. The number of hydrogen-bond acceptors (Lipinski definition) is 5. The number of para-hydroxylation sites is 1. The molecule has 3 heterocycles. The Bertz CT molecular complexity index is 1690. The molecule has 0 spiro atoms. The predicted octanol–water partition coefficient (Wildman–Crippen LogP) is 3.73. The predicted molar refractivity (Wildman–Crippen MR) is 129 cm³/mol. The summed E-state index contributed by atoms with van der Waals surface area (Å²) in [6.07, 6.45) is 0. The molecule has 0 fully saturated rings. The van der Waals surface area contributed by atoms with Gasteiger partial charge < -0.3 is 4.90 Å². The lowest BCUT2D eigenvalue weighted by Crippen LogP contribution is -2.32. The van der Waals surface area contributed by atoms with Crippen molar-refractivity contribution in [2.24, 2.45) is 0 Å². The van der Waals surface area contributed by atoms with E-state index in [1.165, 1.54) is 16.6 Å². The van der Waals surface area contributed by atoms with Gasteiger partial charge in [-0.15, -0.1) is 5.10 Å². The lowest BCUT2D eigenvalue weighted by Gasteiger charge is -2.17. The molecule has 3 aromatic carbocycles. The number of aromatic nitrogens is 3. The maximum Gasteiger partial charge on any atom is 0.291 e. The maximum atomic E-state index is 13.5. The van der Waals surface area contributed by atoms with Crippen LogP contribution in [0.5, 0.6) is 0 Å². The summed E-state index contributed by atoms with van der Waals surface area (Å²) in [7, 11) is 0. The molecule has 6 rings (SSSR count). The number of fused-ring (bicyclic) bond motifs is 2. The molecule has 166 valence electrons. The molecule has 0 saturated carbocycles. The van der Waals surface area contributed by atoms with Crippen LogP contribution < -0.4 is 15.0 Å². The summed E-state index contributed by atoms with van der Waals surface area (Å²) in [5.74, 6) is -0.138. The Morgan fingerprint density at radius 3 is 2.41 bits per heavy atom. The highest BCUT2D eigenvalue weighted by Crippen LogP contribution is 2.36. The molecule has 1 aliphatic heterocycles. The van der Waals surface area contributed by atoms with Gasteiger partial charge in [-0.05, 0) is 30.7 Å². The van der Waals surface area contributed by atoms with Crippen LogP contribution in [0.3, 0.4) is 0 Å². The van der Waals surface area contributed by atoms with Crippen LogP contribution in [0.1, 0.15) is 16.7 Å². The van der Waals surface area contributed by atoms with Crippen LogP contribution in [0, 0.1) is 12.7 Å². The van der Waals surface area contributed by atoms with Crippen molar-refractivity contribution >= 4 is 33.5 Å². The summed E-state index contributed by atoms with van der Waals surface area (Å²) in [6, 6.07) is 21.2. The Balaban J connectivity index is 1.48. The quantitative estimate of drug-likeness (QED) is 0.405. The number of carbonyl (C=O) groups excluding carboxylic acids is 1. The minimum atomic E-state index is -0.368. The summed E-state index contributed by atoms with van der Waals surface area (Å²) in [4.78, 5) is 33.4. The van der Waals surface area contributed by atoms with E-state index < -0.39 is 0 Å². The summed E-state index contributed by atoms with van der Waals surface area (Å²) >= 11 is 1.16. The van der Waals surface area contributed by atoms with Gasteiger partial charge in [0, 0.05) is 11.1 Å². The van der Waals surface area contributed by atoms with Gasteiger partial charge in [-0.25, -0.2) is 4.39 Å². The first kappa shape index (κ1) is 20.4. The molecular formula is C26H17FN4O2S. The monoisotopic (exact) mass is 468 g/mol. The van der Waals surface area contributed by atoms with E-state index in [0.717, 1.165) is 28.0 Å². The van der Waals surface area contributed by atoms with Crippen LogP contribution >= 0.6 is 11.3 Å². The van der Waals surface area contributed by atoms with Gasteiger partial charge in [0.15, 0.2) is 5.82 Å². The molecule has 0 unspecified atom stereocenters. The molecule has 1 aliphatic rings. The molecule has 0 N–H and O–H groups in total. The minimum absolute atomic E-state index is 0.270. The van der Waals surface area contributed by atoms with Gasteiger partial charge >= 0.3 is 0 Å². The molecule has 34 heavy (non-hydrogen) atoms. The molecule has 0 radical (unpaired) electrons. The number of benzene rings is 3. The molecule has 6 nitrogen and oxygen atoms in total. The van der Waals surface area contributed by atoms with Gasteiger partial charge in [0.2, 0.25) is 4.96 Å². The van der Waals surface area contributed by atoms with Crippen molar-refractivity contribution in [3.05, 3.63) is 110 Å². The normalized spacial score (nSPS) is 14.8. The van der Waals surface area contributed by atoms with Crippen molar-refractivity contribution in [1.82, 2.24) is 14.6 Å². The fourth-order valence-corrected chi connectivity index (χ4v) is 5.14. The second-order valence-electron chi connectivity index (χ2n) is 8.14. The van der Waals surface area contributed by atoms with Crippen LogP contribution in [0.25, 0.3) is 21.9 Å². The second-order valence-corrected chi connectivity index (χ2v) is 9.12. The molecule has 1 amide bonds. The Labute approximate surface area is 197 Å². The number of halogens is 1. The number of amides is 1. The second kappa shape index (κ2) is 7.71. The van der Waals surface area contributed by atoms with Gasteiger partial charge in [-0.1, -0.05) is 71.5 Å². The van der Waals surface area contributed by atoms with E-state index in [1.807, 2.05) is 55.5 Å². The number of carbonyl (C=O) groups is 1. The number of aryl methyl sites for hydroxylation is 1. The fourth-order valence-electron chi connectivity index (χ4n) is 4.14. The first-order valence-corrected chi connectivity index (χ1v) is 11.5. The number of nitrogens with zero attached hydrogens (tertiary/aromatic N) is 4. The van der Waals surface area contributed by atoms with Gasteiger partial charge in [-0.3, -0.25) is 9.59 Å². The van der Waals surface area contributed by atoms with Gasteiger partial charge in [0.1, 0.15) is 10.3 Å². The van der Waals surface area contributed by atoms with E-state index in [0.29, 0.717) is 32.1 Å². The first-order chi connectivity index (χ1) is 16.5. The Kier molecular flexibility index (Phi) is 4.63. The number of rotatable bonds is 3. The van der Waals surface area contributed by atoms with Crippen molar-refractivity contribution in [1.29, 1.82) is 0 Å². The van der Waals surface area contributed by atoms with E-state index >= 15 is 0 Å². The zero-order chi connectivity index (χ0) is 23.4. The van der Waals surface area contributed by atoms with E-state index in [-0.39, 0.29) is 23.8 Å². The van der Waals surface area contributed by atoms with Gasteiger partial charge in [-0.2, -0.15) is 9.50 Å². The lowest BCUT2D eigenvalue weighted by atomic mass is 10.1. The number of anilines is 1. The van der Waals surface area contributed by atoms with Crippen LogP contribution in [-0.2, 0) is 11.3 Å². The zero-order valence-electron chi connectivity index (χ0n) is 18.0. The van der Waals surface area contributed by atoms with E-state index in [4.69, 9.17) is 0 Å². The number of hydrogen-bond donors (Lipinski definition) is 0. The highest BCUT2D eigenvalue weighted by Gasteiger charge is 2.34. The van der Waals surface area contributed by atoms with Crippen molar-refractivity contribution in [2.75, 3.05) is 4.90 Å². The van der Waals surface area contributed by atoms with E-state index in [1.54, 1.807) is 17.0 Å². The van der Waals surface area contributed by atoms with Gasteiger partial charge in [0.25, 0.3) is 11.5 Å². The van der Waals surface area contributed by atoms with E-state index in [9.17, 15) is 14.0 Å². The number of thiazole rings is 1. The average molecular weight is 469 g/mol. The molecule has 0 bridgehead atoms. The summed E-state index contributed by atoms with van der Waals surface area (Å²) in [6.45, 7) is 2.27. The molecule has 5 aromatic rings. The SMILES string of the molecule is Cc1ccc(-c2nc3s/c(=C4\C(=O)N(Cc5ccc(F)cc5)c5ccccc54)c(=O)n3n2)cc1. The molecule has 8 heteroatoms. The van der Waals surface area contributed by atoms with Crippen LogP contribution in [0.2, 0.25) is 0 Å². The summed E-state index contributed by atoms with van der Waals surface area (Å²) in [5.41, 5.74) is 4.11. The Morgan fingerprint density at radius 2 is 1.68 bits per heavy atom.